The summed E-state index contributed by atoms with van der Waals surface area (Å²) in [6.45, 7) is 9.26. The molecule has 1 aromatic rings. The third kappa shape index (κ3) is 3.44. The molecule has 0 radical (unpaired) electrons. The summed E-state index contributed by atoms with van der Waals surface area (Å²) in [7, 11) is 0. The highest BCUT2D eigenvalue weighted by molar-refractivity contribution is 6.00. The summed E-state index contributed by atoms with van der Waals surface area (Å²) in [6, 6.07) is 7.86. The van der Waals surface area contributed by atoms with E-state index in [1.54, 1.807) is 6.92 Å². The lowest BCUT2D eigenvalue weighted by Gasteiger charge is -2.10. The van der Waals surface area contributed by atoms with Gasteiger partial charge in [-0.1, -0.05) is 43.9 Å². The molecule has 0 saturated heterocycles. The van der Waals surface area contributed by atoms with Crippen LogP contribution < -0.4 is 5.73 Å². The Morgan fingerprint density at radius 3 is 2.53 bits per heavy atom. The lowest BCUT2D eigenvalue weighted by Crippen LogP contribution is -2.07. The van der Waals surface area contributed by atoms with E-state index in [1.807, 2.05) is 50.3 Å². The highest BCUT2D eigenvalue weighted by Crippen LogP contribution is 2.22. The summed E-state index contributed by atoms with van der Waals surface area (Å²) in [5.74, 6) is 0.0281. The van der Waals surface area contributed by atoms with E-state index in [4.69, 9.17) is 5.73 Å². The smallest absolute Gasteiger partial charge is 0.157 e. The number of benzene rings is 1. The SMILES string of the molecule is C=C/C(=C\C)c1cccc(/C(N)=C(\CC)C(C)=O)c1.[HH]. The first-order chi connectivity index (χ1) is 9.04. The molecule has 2 nitrogen and oxygen atoms in total. The second-order valence-electron chi connectivity index (χ2n) is 4.33. The standard InChI is InChI=1S/C17H21NO.H2/c1-5-13(6-2)14-9-8-10-15(11-14)17(18)16(7-3)12(4)19;/h5-6,8-11H,1,7,18H2,2-4H3;1H/b13-6+,17-16-;. The lowest BCUT2D eigenvalue weighted by atomic mass is 9.98. The van der Waals surface area contributed by atoms with Crippen LogP contribution in [0.25, 0.3) is 11.3 Å². The maximum atomic E-state index is 11.6. The maximum Gasteiger partial charge on any atom is 0.157 e. The molecule has 0 saturated carbocycles. The third-order valence-electron chi connectivity index (χ3n) is 3.14. The molecular weight excluding hydrogens is 234 g/mol. The highest BCUT2D eigenvalue weighted by atomic mass is 16.1. The van der Waals surface area contributed by atoms with Gasteiger partial charge in [-0.2, -0.15) is 0 Å². The van der Waals surface area contributed by atoms with E-state index in [9.17, 15) is 4.79 Å². The highest BCUT2D eigenvalue weighted by Gasteiger charge is 2.09. The summed E-state index contributed by atoms with van der Waals surface area (Å²) in [4.78, 5) is 11.6. The van der Waals surface area contributed by atoms with Gasteiger partial charge in [-0.15, -0.1) is 0 Å². The van der Waals surface area contributed by atoms with Crippen molar-refractivity contribution in [3.05, 3.63) is 59.7 Å². The Kier molecular flexibility index (Phi) is 5.31. The van der Waals surface area contributed by atoms with Crippen molar-refractivity contribution in [2.45, 2.75) is 27.2 Å². The quantitative estimate of drug-likeness (QED) is 0.635. The maximum absolute atomic E-state index is 11.6. The van der Waals surface area contributed by atoms with Crippen molar-refractivity contribution in [3.8, 4) is 0 Å². The first kappa shape index (κ1) is 15.0. The predicted molar refractivity (Wildman–Crippen MR) is 84.5 cm³/mol. The second kappa shape index (κ2) is 6.74. The van der Waals surface area contributed by atoms with Gasteiger partial charge >= 0.3 is 0 Å². The molecule has 0 unspecified atom stereocenters. The van der Waals surface area contributed by atoms with Crippen LogP contribution in [0.5, 0.6) is 0 Å². The number of carbonyl (C=O) groups excluding carboxylic acids is 1. The number of nitrogens with two attached hydrogens (primary N) is 1. The van der Waals surface area contributed by atoms with Crippen LogP contribution in [0.3, 0.4) is 0 Å². The molecule has 19 heavy (non-hydrogen) atoms. The van der Waals surface area contributed by atoms with Crippen LogP contribution in [-0.4, -0.2) is 5.78 Å². The molecular formula is C17H23NO. The molecule has 1 rings (SSSR count). The number of ketones is 1. The van der Waals surface area contributed by atoms with E-state index in [0.29, 0.717) is 17.7 Å². The van der Waals surface area contributed by atoms with Crippen molar-refractivity contribution in [2.75, 3.05) is 0 Å². The molecule has 0 aliphatic rings. The predicted octanol–water partition coefficient (Wildman–Crippen LogP) is 4.19. The second-order valence-corrected chi connectivity index (χ2v) is 4.33. The minimum absolute atomic E-state index is 0. The average Bonchev–Trinajstić information content (AvgIpc) is 2.41. The van der Waals surface area contributed by atoms with Gasteiger partial charge in [-0.25, -0.2) is 0 Å². The molecule has 2 heteroatoms. The van der Waals surface area contributed by atoms with E-state index in [1.165, 1.54) is 0 Å². The van der Waals surface area contributed by atoms with Crippen molar-refractivity contribution >= 4 is 17.1 Å². The summed E-state index contributed by atoms with van der Waals surface area (Å²) < 4.78 is 0. The molecule has 2 N–H and O–H groups in total. The fraction of sp³-hybridized carbons (Fsp3) is 0.235. The minimum Gasteiger partial charge on any atom is -0.398 e. The Hall–Kier alpha value is -2.09. The Bertz CT molecular complexity index is 556. The molecule has 0 spiro atoms. The fourth-order valence-electron chi connectivity index (χ4n) is 2.07. The summed E-state index contributed by atoms with van der Waals surface area (Å²) in [6.07, 6.45) is 4.45. The van der Waals surface area contributed by atoms with Crippen molar-refractivity contribution in [3.63, 3.8) is 0 Å². The van der Waals surface area contributed by atoms with Crippen molar-refractivity contribution in [2.24, 2.45) is 5.73 Å². The molecule has 0 aliphatic carbocycles. The largest absolute Gasteiger partial charge is 0.398 e. The molecule has 102 valence electrons. The minimum atomic E-state index is 0. The zero-order valence-electron chi connectivity index (χ0n) is 11.9. The topological polar surface area (TPSA) is 43.1 Å². The number of allylic oxidation sites excluding steroid dienone is 4. The molecule has 0 bridgehead atoms. The Morgan fingerprint density at radius 2 is 2.05 bits per heavy atom. The van der Waals surface area contributed by atoms with Crippen molar-refractivity contribution in [1.29, 1.82) is 0 Å². The summed E-state index contributed by atoms with van der Waals surface area (Å²) in [5.41, 5.74) is 10.3. The van der Waals surface area contributed by atoms with Gasteiger partial charge in [0, 0.05) is 12.7 Å². The van der Waals surface area contributed by atoms with Crippen LogP contribution >= 0.6 is 0 Å². The number of hydrogen-bond acceptors (Lipinski definition) is 2. The van der Waals surface area contributed by atoms with E-state index in [0.717, 1.165) is 16.7 Å². The summed E-state index contributed by atoms with van der Waals surface area (Å²) in [5, 5.41) is 0. The van der Waals surface area contributed by atoms with Crippen LogP contribution in [0.15, 0.2) is 48.6 Å². The van der Waals surface area contributed by atoms with Crippen LogP contribution in [0, 0.1) is 0 Å². The lowest BCUT2D eigenvalue weighted by molar-refractivity contribution is -0.113. The first-order valence-corrected chi connectivity index (χ1v) is 6.44. The van der Waals surface area contributed by atoms with Crippen LogP contribution in [0.1, 0.15) is 39.7 Å². The van der Waals surface area contributed by atoms with Crippen LogP contribution in [0.4, 0.5) is 0 Å². The number of hydrogen-bond donors (Lipinski definition) is 1. The van der Waals surface area contributed by atoms with Gasteiger partial charge in [-0.3, -0.25) is 4.79 Å². The Labute approximate surface area is 116 Å². The van der Waals surface area contributed by atoms with Gasteiger partial charge in [0.2, 0.25) is 0 Å². The fourth-order valence-corrected chi connectivity index (χ4v) is 2.07. The monoisotopic (exact) mass is 257 g/mol. The van der Waals surface area contributed by atoms with Gasteiger partial charge in [0.1, 0.15) is 0 Å². The number of rotatable bonds is 5. The number of carbonyl (C=O) groups is 1. The van der Waals surface area contributed by atoms with Crippen molar-refractivity contribution in [1.82, 2.24) is 0 Å². The van der Waals surface area contributed by atoms with Gasteiger partial charge < -0.3 is 5.73 Å². The normalized spacial score (nSPS) is 12.9. The Balaban J connectivity index is 0.00000361. The molecule has 0 amide bonds. The van der Waals surface area contributed by atoms with E-state index >= 15 is 0 Å². The van der Waals surface area contributed by atoms with Gasteiger partial charge in [0.05, 0.1) is 0 Å². The molecule has 0 aromatic heterocycles. The van der Waals surface area contributed by atoms with Crippen LogP contribution in [0.2, 0.25) is 0 Å². The molecule has 1 aromatic carbocycles. The van der Waals surface area contributed by atoms with Crippen molar-refractivity contribution < 1.29 is 6.22 Å². The van der Waals surface area contributed by atoms with E-state index in [-0.39, 0.29) is 7.21 Å². The van der Waals surface area contributed by atoms with Gasteiger partial charge in [0.15, 0.2) is 5.78 Å². The molecule has 0 aliphatic heterocycles. The van der Waals surface area contributed by atoms with Gasteiger partial charge in [0.25, 0.3) is 0 Å². The Morgan fingerprint density at radius 1 is 1.42 bits per heavy atom. The molecule has 0 heterocycles. The average molecular weight is 257 g/mol. The number of Topliss-reactive ketones (excluding diaryl/α,β-unsaturated/α-hetero) is 1. The molecule has 0 fully saturated rings. The van der Waals surface area contributed by atoms with E-state index < -0.39 is 0 Å². The zero-order chi connectivity index (χ0) is 14.4. The molecule has 0 atom stereocenters. The van der Waals surface area contributed by atoms with E-state index in [2.05, 4.69) is 6.58 Å². The van der Waals surface area contributed by atoms with Crippen LogP contribution in [-0.2, 0) is 4.79 Å². The zero-order valence-corrected chi connectivity index (χ0v) is 11.9. The summed E-state index contributed by atoms with van der Waals surface area (Å²) >= 11 is 0. The first-order valence-electron chi connectivity index (χ1n) is 6.44. The van der Waals surface area contributed by atoms with Gasteiger partial charge in [-0.05, 0) is 43.0 Å². The third-order valence-corrected chi connectivity index (χ3v) is 3.14.